The van der Waals surface area contributed by atoms with E-state index in [2.05, 4.69) is 4.98 Å². The van der Waals surface area contributed by atoms with E-state index in [0.717, 1.165) is 30.3 Å². The molecule has 0 aliphatic heterocycles. The van der Waals surface area contributed by atoms with E-state index in [4.69, 9.17) is 11.5 Å². The third-order valence-corrected chi connectivity index (χ3v) is 4.34. The van der Waals surface area contributed by atoms with Crippen LogP contribution < -0.4 is 11.5 Å². The van der Waals surface area contributed by atoms with Gasteiger partial charge in [-0.15, -0.1) is 0 Å². The van der Waals surface area contributed by atoms with Crippen molar-refractivity contribution in [2.24, 2.45) is 0 Å². The van der Waals surface area contributed by atoms with Gasteiger partial charge in [0, 0.05) is 47.0 Å². The van der Waals surface area contributed by atoms with E-state index in [1.807, 2.05) is 0 Å². The molecule has 0 saturated heterocycles. The number of anilines is 2. The molecule has 4 aromatic rings. The van der Waals surface area contributed by atoms with Gasteiger partial charge in [-0.3, -0.25) is 19.9 Å². The molecular formula is C24H16F6N4O3. The summed E-state index contributed by atoms with van der Waals surface area (Å²) >= 11 is 0. The molecule has 7 nitrogen and oxygen atoms in total. The largest absolute Gasteiger partial charge is 0.399 e. The number of hydrogen-bond donors (Lipinski definition) is 2. The predicted octanol–water partition coefficient (Wildman–Crippen LogP) is 5.59. The Morgan fingerprint density at radius 1 is 0.703 bits per heavy atom. The van der Waals surface area contributed by atoms with Crippen molar-refractivity contribution in [3.05, 3.63) is 129 Å². The Morgan fingerprint density at radius 3 is 1.73 bits per heavy atom. The minimum Gasteiger partial charge on any atom is -0.399 e. The summed E-state index contributed by atoms with van der Waals surface area (Å²) in [5, 5.41) is 9.98. The highest BCUT2D eigenvalue weighted by molar-refractivity contribution is 6.11. The number of pyridine rings is 1. The minimum absolute atomic E-state index is 0.0601. The molecule has 0 unspecified atom stereocenters. The first-order valence-electron chi connectivity index (χ1n) is 9.90. The lowest BCUT2D eigenvalue weighted by Crippen LogP contribution is -2.07. The van der Waals surface area contributed by atoms with Crippen molar-refractivity contribution >= 4 is 22.8 Å². The molecule has 0 saturated carbocycles. The van der Waals surface area contributed by atoms with Crippen LogP contribution in [0.1, 0.15) is 15.9 Å². The Hall–Kier alpha value is -4.94. The van der Waals surface area contributed by atoms with E-state index < -0.39 is 51.3 Å². The fourth-order valence-corrected chi connectivity index (χ4v) is 2.53. The van der Waals surface area contributed by atoms with Crippen LogP contribution in [-0.4, -0.2) is 15.7 Å². The van der Waals surface area contributed by atoms with E-state index in [1.54, 1.807) is 0 Å². The second-order valence-electron chi connectivity index (χ2n) is 6.95. The number of nitrogens with two attached hydrogens (primary N) is 2. The Balaban J connectivity index is 0.000000208. The Kier molecular flexibility index (Phi) is 9.69. The summed E-state index contributed by atoms with van der Waals surface area (Å²) in [5.74, 6) is -6.72. The molecule has 13 heteroatoms. The number of rotatable bonds is 3. The monoisotopic (exact) mass is 522 g/mol. The molecular weight excluding hydrogens is 506 g/mol. The second kappa shape index (κ2) is 12.7. The average Bonchev–Trinajstić information content (AvgIpc) is 2.86. The summed E-state index contributed by atoms with van der Waals surface area (Å²) in [7, 11) is 0. The highest BCUT2D eigenvalue weighted by Crippen LogP contribution is 2.20. The van der Waals surface area contributed by atoms with E-state index in [9.17, 15) is 41.3 Å². The van der Waals surface area contributed by atoms with E-state index in [0.29, 0.717) is 17.7 Å². The number of benzene rings is 3. The molecule has 0 radical (unpaired) electrons. The molecule has 1 aromatic heterocycles. The van der Waals surface area contributed by atoms with Crippen LogP contribution in [0.2, 0.25) is 0 Å². The first-order chi connectivity index (χ1) is 17.4. The molecule has 0 aliphatic carbocycles. The van der Waals surface area contributed by atoms with E-state index in [-0.39, 0.29) is 16.9 Å². The van der Waals surface area contributed by atoms with Crippen LogP contribution in [-0.2, 0) is 0 Å². The molecule has 0 spiro atoms. The summed E-state index contributed by atoms with van der Waals surface area (Å²) in [6, 6.07) is 9.93. The molecule has 0 fully saturated rings. The van der Waals surface area contributed by atoms with Crippen molar-refractivity contribution in [3.63, 3.8) is 0 Å². The number of nitro groups is 1. The minimum atomic E-state index is -1.21. The Bertz CT molecular complexity index is 1420. The molecule has 0 amide bonds. The number of nitro benzene ring substituents is 1. The zero-order chi connectivity index (χ0) is 27.7. The maximum atomic E-state index is 13.0. The van der Waals surface area contributed by atoms with Gasteiger partial charge in [-0.25, -0.2) is 26.3 Å². The fraction of sp³-hybridized carbons (Fsp3) is 0. The molecule has 0 bridgehead atoms. The topological polar surface area (TPSA) is 125 Å². The third-order valence-electron chi connectivity index (χ3n) is 4.34. The zero-order valence-electron chi connectivity index (χ0n) is 18.5. The second-order valence-corrected chi connectivity index (χ2v) is 6.95. The lowest BCUT2D eigenvalue weighted by molar-refractivity contribution is -0.385. The quantitative estimate of drug-likeness (QED) is 0.119. The number of nitrogen functional groups attached to an aromatic ring is 2. The number of non-ortho nitro benzene ring substituents is 1. The Morgan fingerprint density at radius 2 is 1.22 bits per heavy atom. The molecule has 0 atom stereocenters. The van der Waals surface area contributed by atoms with Crippen LogP contribution in [0, 0.1) is 45.0 Å². The van der Waals surface area contributed by atoms with Gasteiger partial charge in [0.1, 0.15) is 0 Å². The summed E-state index contributed by atoms with van der Waals surface area (Å²) in [6.07, 6.45) is 2.87. The van der Waals surface area contributed by atoms with Gasteiger partial charge in [0.2, 0.25) is 0 Å². The zero-order valence-corrected chi connectivity index (χ0v) is 18.5. The van der Waals surface area contributed by atoms with Gasteiger partial charge in [0.05, 0.1) is 11.0 Å². The van der Waals surface area contributed by atoms with Crippen molar-refractivity contribution in [2.45, 2.75) is 0 Å². The first kappa shape index (κ1) is 28.3. The maximum Gasteiger partial charge on any atom is 0.272 e. The van der Waals surface area contributed by atoms with Crippen LogP contribution in [0.5, 0.6) is 0 Å². The molecule has 192 valence electrons. The van der Waals surface area contributed by atoms with Crippen molar-refractivity contribution in [1.29, 1.82) is 0 Å². The van der Waals surface area contributed by atoms with Gasteiger partial charge in [0.15, 0.2) is 40.7 Å². The van der Waals surface area contributed by atoms with Gasteiger partial charge in [0.25, 0.3) is 5.69 Å². The smallest absolute Gasteiger partial charge is 0.272 e. The van der Waals surface area contributed by atoms with Crippen LogP contribution in [0.15, 0.2) is 73.1 Å². The Labute approximate surface area is 205 Å². The lowest BCUT2D eigenvalue weighted by atomic mass is 10.0. The predicted molar refractivity (Wildman–Crippen MR) is 122 cm³/mol. The number of carbonyl (C=O) groups excluding carboxylic acids is 1. The third kappa shape index (κ3) is 8.06. The molecule has 37 heavy (non-hydrogen) atoms. The number of hydrogen-bond acceptors (Lipinski definition) is 6. The maximum absolute atomic E-state index is 13.0. The average molecular weight is 522 g/mol. The molecule has 1 heterocycles. The molecule has 4 rings (SSSR count). The SMILES string of the molecule is Nc1cc(F)c(F)cc1C(=O)c1ccncc1.Nc1ccc(F)c(F)c1.O=[N+]([O-])c1ccc(F)c(F)c1. The normalized spacial score (nSPS) is 9.89. The number of ketones is 1. The van der Waals surface area contributed by atoms with Gasteiger partial charge in [-0.1, -0.05) is 0 Å². The van der Waals surface area contributed by atoms with Crippen LogP contribution in [0.25, 0.3) is 0 Å². The van der Waals surface area contributed by atoms with Crippen LogP contribution in [0.3, 0.4) is 0 Å². The van der Waals surface area contributed by atoms with E-state index in [1.165, 1.54) is 30.6 Å². The fourth-order valence-electron chi connectivity index (χ4n) is 2.53. The summed E-state index contributed by atoms with van der Waals surface area (Å²) in [6.45, 7) is 0. The standard InChI is InChI=1S/C12H8F2N2O.C6H3F2NO2.C6H5F2N/c13-9-5-8(11(15)6-10(9)14)12(17)7-1-3-16-4-2-7;7-5-2-1-4(9(10)11)3-6(5)8;7-5-2-1-4(9)3-6(5)8/h1-6H,15H2;1-3H;1-3H,9H2. The number of aromatic nitrogens is 1. The summed E-state index contributed by atoms with van der Waals surface area (Å²) < 4.78 is 74.5. The van der Waals surface area contributed by atoms with E-state index >= 15 is 0 Å². The number of nitrogens with zero attached hydrogens (tertiary/aromatic N) is 2. The van der Waals surface area contributed by atoms with Gasteiger partial charge >= 0.3 is 0 Å². The molecule has 4 N–H and O–H groups in total. The van der Waals surface area contributed by atoms with Gasteiger partial charge in [-0.2, -0.15) is 0 Å². The number of halogens is 6. The number of carbonyl (C=O) groups is 1. The highest BCUT2D eigenvalue weighted by Gasteiger charge is 2.15. The van der Waals surface area contributed by atoms with Crippen LogP contribution in [0.4, 0.5) is 43.4 Å². The highest BCUT2D eigenvalue weighted by atomic mass is 19.2. The molecule has 0 aliphatic rings. The van der Waals surface area contributed by atoms with Crippen molar-refractivity contribution in [3.8, 4) is 0 Å². The summed E-state index contributed by atoms with van der Waals surface area (Å²) in [5.41, 5.74) is 10.5. The summed E-state index contributed by atoms with van der Waals surface area (Å²) in [4.78, 5) is 24.9. The van der Waals surface area contributed by atoms with Crippen molar-refractivity contribution in [2.75, 3.05) is 11.5 Å². The van der Waals surface area contributed by atoms with Crippen molar-refractivity contribution in [1.82, 2.24) is 4.98 Å². The van der Waals surface area contributed by atoms with Crippen molar-refractivity contribution < 1.29 is 36.1 Å². The van der Waals surface area contributed by atoms with Gasteiger partial charge in [-0.05, 0) is 42.5 Å². The molecule has 3 aromatic carbocycles. The van der Waals surface area contributed by atoms with Gasteiger partial charge < -0.3 is 11.5 Å². The van der Waals surface area contributed by atoms with Crippen LogP contribution >= 0.6 is 0 Å². The first-order valence-corrected chi connectivity index (χ1v) is 9.90. The lowest BCUT2D eigenvalue weighted by Gasteiger charge is -2.05.